The van der Waals surface area contributed by atoms with Gasteiger partial charge in [-0.1, -0.05) is 18.7 Å². The summed E-state index contributed by atoms with van der Waals surface area (Å²) in [7, 11) is 0. The molecule has 0 fully saturated rings. The zero-order valence-electron chi connectivity index (χ0n) is 17.7. The Hall–Kier alpha value is -4.01. The molecule has 4 rings (SSSR count). The van der Waals surface area contributed by atoms with Gasteiger partial charge in [0.05, 0.1) is 17.3 Å². The molecule has 0 saturated heterocycles. The third kappa shape index (κ3) is 3.73. The summed E-state index contributed by atoms with van der Waals surface area (Å²) in [4.78, 5) is 40.9. The van der Waals surface area contributed by atoms with Crippen LogP contribution in [-0.2, 0) is 11.2 Å². The lowest BCUT2D eigenvalue weighted by atomic mass is 9.98. The van der Waals surface area contributed by atoms with Gasteiger partial charge in [-0.2, -0.15) is 5.10 Å². The minimum Gasteiger partial charge on any atom is -0.477 e. The van der Waals surface area contributed by atoms with Crippen LogP contribution in [0.4, 0.5) is 0 Å². The highest BCUT2D eigenvalue weighted by Crippen LogP contribution is 2.35. The molecule has 1 aromatic carbocycles. The van der Waals surface area contributed by atoms with Gasteiger partial charge in [-0.05, 0) is 49.4 Å². The molecule has 1 amide bonds. The van der Waals surface area contributed by atoms with Crippen molar-refractivity contribution in [3.8, 4) is 0 Å². The molecule has 2 aromatic heterocycles. The predicted molar refractivity (Wildman–Crippen MR) is 115 cm³/mol. The zero-order valence-corrected chi connectivity index (χ0v) is 17.7. The van der Waals surface area contributed by atoms with Crippen molar-refractivity contribution in [1.82, 2.24) is 19.9 Å². The van der Waals surface area contributed by atoms with E-state index in [1.54, 1.807) is 19.1 Å². The van der Waals surface area contributed by atoms with Crippen LogP contribution in [-0.4, -0.2) is 44.2 Å². The number of aromatic carboxylic acids is 1. The molecular weight excluding hydrogens is 412 g/mol. The van der Waals surface area contributed by atoms with Crippen LogP contribution < -0.4 is 5.32 Å². The lowest BCUT2D eigenvalue weighted by Gasteiger charge is -2.16. The molecule has 0 bridgehead atoms. The van der Waals surface area contributed by atoms with Crippen LogP contribution in [0, 0.1) is 13.8 Å². The Balaban J connectivity index is 1.63. The van der Waals surface area contributed by atoms with E-state index >= 15 is 0 Å². The van der Waals surface area contributed by atoms with Crippen LogP contribution in [0.1, 0.15) is 66.2 Å². The average molecular weight is 434 g/mol. The number of amides is 1. The Morgan fingerprint density at radius 2 is 2.09 bits per heavy atom. The molecule has 9 nitrogen and oxygen atoms in total. The van der Waals surface area contributed by atoms with Crippen molar-refractivity contribution < 1.29 is 24.2 Å². The van der Waals surface area contributed by atoms with Crippen molar-refractivity contribution in [2.45, 2.75) is 32.7 Å². The van der Waals surface area contributed by atoms with Crippen LogP contribution in [0.25, 0.3) is 5.65 Å². The van der Waals surface area contributed by atoms with Crippen LogP contribution in [0.3, 0.4) is 0 Å². The molecule has 32 heavy (non-hydrogen) atoms. The highest BCUT2D eigenvalue weighted by atomic mass is 16.5. The molecule has 2 N–H and O–H groups in total. The molecule has 0 radical (unpaired) electrons. The van der Waals surface area contributed by atoms with Gasteiger partial charge < -0.3 is 15.2 Å². The number of aryl methyl sites for hydroxylation is 1. The summed E-state index contributed by atoms with van der Waals surface area (Å²) in [6, 6.07) is 6.09. The third-order valence-electron chi connectivity index (χ3n) is 5.55. The number of nitrogens with one attached hydrogen (secondary N) is 1. The fourth-order valence-electron chi connectivity index (χ4n) is 4.06. The van der Waals surface area contributed by atoms with E-state index < -0.39 is 17.8 Å². The number of ether oxygens (including phenoxy) is 1. The number of nitrogens with zero attached hydrogens (tertiary/aromatic N) is 3. The van der Waals surface area contributed by atoms with Gasteiger partial charge in [-0.15, -0.1) is 0 Å². The SMILES string of the molecule is C=CCOC(=O)c1ccc2c(c1C)CC[C@@H]2NC(=O)c1cc(C(=O)O)nc2cc(C)nn12. The van der Waals surface area contributed by atoms with Crippen LogP contribution in [0.5, 0.6) is 0 Å². The number of carboxylic acid groups (broad SMARTS) is 1. The topological polar surface area (TPSA) is 123 Å². The highest BCUT2D eigenvalue weighted by molar-refractivity contribution is 5.96. The second kappa shape index (κ2) is 8.26. The van der Waals surface area contributed by atoms with Crippen LogP contribution in [0.2, 0.25) is 0 Å². The smallest absolute Gasteiger partial charge is 0.354 e. The van der Waals surface area contributed by atoms with Gasteiger partial charge in [0.1, 0.15) is 12.3 Å². The predicted octanol–water partition coefficient (Wildman–Crippen LogP) is 2.80. The van der Waals surface area contributed by atoms with Gasteiger partial charge in [0.25, 0.3) is 5.91 Å². The minimum atomic E-state index is -1.22. The number of hydrogen-bond donors (Lipinski definition) is 2. The number of carbonyl (C=O) groups excluding carboxylic acids is 2. The number of benzene rings is 1. The summed E-state index contributed by atoms with van der Waals surface area (Å²) in [5, 5.41) is 16.6. The fraction of sp³-hybridized carbons (Fsp3) is 0.261. The first-order chi connectivity index (χ1) is 15.3. The first-order valence-electron chi connectivity index (χ1n) is 10.1. The van der Waals surface area contributed by atoms with E-state index in [2.05, 4.69) is 22.0 Å². The van der Waals surface area contributed by atoms with Crippen molar-refractivity contribution in [2.24, 2.45) is 0 Å². The van der Waals surface area contributed by atoms with Gasteiger partial charge in [-0.3, -0.25) is 4.79 Å². The average Bonchev–Trinajstić information content (AvgIpc) is 3.34. The van der Waals surface area contributed by atoms with Gasteiger partial charge >= 0.3 is 11.9 Å². The first-order valence-corrected chi connectivity index (χ1v) is 10.1. The van der Waals surface area contributed by atoms with Gasteiger partial charge in [-0.25, -0.2) is 19.1 Å². The normalized spacial score (nSPS) is 14.8. The Kier molecular flexibility index (Phi) is 5.48. The molecule has 3 aromatic rings. The monoisotopic (exact) mass is 434 g/mol. The summed E-state index contributed by atoms with van der Waals surface area (Å²) in [5.74, 6) is -2.09. The maximum absolute atomic E-state index is 13.1. The first kappa shape index (κ1) is 21.2. The standard InChI is InChI=1S/C23H22N4O5/c1-4-9-32-23(31)15-5-6-16-14(13(15)3)7-8-17(16)25-21(28)19-11-18(22(29)30)24-20-10-12(2)26-27(19)20/h4-6,10-11,17H,1,7-9H2,2-3H3,(H,25,28)(H,29,30)/t17-/m0/s1. The molecule has 164 valence electrons. The van der Waals surface area contributed by atoms with Crippen molar-refractivity contribution in [2.75, 3.05) is 6.61 Å². The second-order valence-electron chi connectivity index (χ2n) is 7.65. The molecule has 0 aliphatic heterocycles. The van der Waals surface area contributed by atoms with Crippen molar-refractivity contribution in [3.05, 3.63) is 76.3 Å². The molecule has 0 saturated carbocycles. The summed E-state index contributed by atoms with van der Waals surface area (Å²) < 4.78 is 6.49. The molecular formula is C23H22N4O5. The van der Waals surface area contributed by atoms with E-state index in [1.807, 2.05) is 13.0 Å². The van der Waals surface area contributed by atoms with E-state index in [0.717, 1.165) is 16.7 Å². The summed E-state index contributed by atoms with van der Waals surface area (Å²) in [6.07, 6.45) is 2.87. The lowest BCUT2D eigenvalue weighted by Crippen LogP contribution is -2.29. The Bertz CT molecular complexity index is 1280. The number of rotatable bonds is 6. The molecule has 0 spiro atoms. The van der Waals surface area contributed by atoms with E-state index in [9.17, 15) is 19.5 Å². The molecule has 2 heterocycles. The molecule has 1 atom stereocenters. The van der Waals surface area contributed by atoms with Crippen molar-refractivity contribution in [1.29, 1.82) is 0 Å². The number of hydrogen-bond acceptors (Lipinski definition) is 6. The maximum Gasteiger partial charge on any atom is 0.354 e. The van der Waals surface area contributed by atoms with E-state index in [0.29, 0.717) is 24.1 Å². The van der Waals surface area contributed by atoms with Crippen molar-refractivity contribution in [3.63, 3.8) is 0 Å². The molecule has 1 aliphatic rings. The summed E-state index contributed by atoms with van der Waals surface area (Å²) in [6.45, 7) is 7.29. The van der Waals surface area contributed by atoms with E-state index in [-0.39, 0.29) is 29.7 Å². The Morgan fingerprint density at radius 1 is 1.31 bits per heavy atom. The van der Waals surface area contributed by atoms with Gasteiger partial charge in [0.15, 0.2) is 11.3 Å². The minimum absolute atomic E-state index is 0.0929. The fourth-order valence-corrected chi connectivity index (χ4v) is 4.06. The number of carboxylic acids is 1. The van der Waals surface area contributed by atoms with Crippen molar-refractivity contribution >= 4 is 23.5 Å². The molecule has 9 heteroatoms. The Labute approximate surface area is 183 Å². The second-order valence-corrected chi connectivity index (χ2v) is 7.65. The Morgan fingerprint density at radius 3 is 2.81 bits per heavy atom. The third-order valence-corrected chi connectivity index (χ3v) is 5.55. The number of carbonyl (C=O) groups is 3. The molecule has 0 unspecified atom stereocenters. The van der Waals surface area contributed by atoms with Crippen LogP contribution in [0.15, 0.2) is 36.9 Å². The van der Waals surface area contributed by atoms with Crippen LogP contribution >= 0.6 is 0 Å². The quantitative estimate of drug-likeness (QED) is 0.452. The number of fused-ring (bicyclic) bond motifs is 2. The number of esters is 1. The zero-order chi connectivity index (χ0) is 23.0. The maximum atomic E-state index is 13.1. The molecule has 1 aliphatic carbocycles. The van der Waals surface area contributed by atoms with E-state index in [1.165, 1.54) is 16.7 Å². The van der Waals surface area contributed by atoms with Gasteiger partial charge in [0, 0.05) is 12.1 Å². The van der Waals surface area contributed by atoms with E-state index in [4.69, 9.17) is 4.74 Å². The largest absolute Gasteiger partial charge is 0.477 e. The lowest BCUT2D eigenvalue weighted by molar-refractivity contribution is 0.0548. The van der Waals surface area contributed by atoms with Gasteiger partial charge in [0.2, 0.25) is 0 Å². The summed E-state index contributed by atoms with van der Waals surface area (Å²) in [5.41, 5.74) is 4.02. The summed E-state index contributed by atoms with van der Waals surface area (Å²) >= 11 is 0. The number of aromatic nitrogens is 3. The highest BCUT2D eigenvalue weighted by Gasteiger charge is 2.29.